The smallest absolute Gasteiger partial charge is 0.102 e. The summed E-state index contributed by atoms with van der Waals surface area (Å²) < 4.78 is 6.17. The van der Waals surface area contributed by atoms with E-state index in [0.717, 1.165) is 29.2 Å². The maximum Gasteiger partial charge on any atom is 0.102 e. The van der Waals surface area contributed by atoms with Crippen LogP contribution < -0.4 is 0 Å². The van der Waals surface area contributed by atoms with Gasteiger partial charge in [0.2, 0.25) is 0 Å². The van der Waals surface area contributed by atoms with Crippen LogP contribution in [0.1, 0.15) is 45.4 Å². The lowest BCUT2D eigenvalue weighted by molar-refractivity contribution is -0.194. The molecule has 0 atom stereocenters. The van der Waals surface area contributed by atoms with Crippen molar-refractivity contribution in [2.24, 2.45) is 23.7 Å². The third kappa shape index (κ3) is 1.44. The fourth-order valence-electron chi connectivity index (χ4n) is 5.00. The van der Waals surface area contributed by atoms with E-state index in [0.29, 0.717) is 0 Å². The van der Waals surface area contributed by atoms with Crippen LogP contribution in [0.15, 0.2) is 0 Å². The average molecular weight is 273 g/mol. The lowest BCUT2D eigenvalue weighted by Crippen LogP contribution is -2.58. The number of hydrogen-bond donors (Lipinski definition) is 0. The maximum absolute atomic E-state index is 6.17. The Morgan fingerprint density at radius 2 is 1.60 bits per heavy atom. The molecule has 4 saturated carbocycles. The van der Waals surface area contributed by atoms with Crippen molar-refractivity contribution in [1.82, 2.24) is 0 Å². The molecule has 0 aliphatic heterocycles. The van der Waals surface area contributed by atoms with Crippen LogP contribution in [0.4, 0.5) is 0 Å². The highest BCUT2D eigenvalue weighted by Gasteiger charge is 2.56. The van der Waals surface area contributed by atoms with Crippen LogP contribution in [-0.2, 0) is 4.74 Å². The Kier molecular flexibility index (Phi) is 2.63. The first-order chi connectivity index (χ1) is 7.28. The molecule has 0 amide bonds. The van der Waals surface area contributed by atoms with Gasteiger partial charge in [-0.1, -0.05) is 22.9 Å². The van der Waals surface area contributed by atoms with E-state index in [2.05, 4.69) is 22.9 Å². The zero-order valence-corrected chi connectivity index (χ0v) is 11.1. The van der Waals surface area contributed by atoms with Crippen molar-refractivity contribution in [1.29, 1.82) is 0 Å². The predicted octanol–water partition coefficient (Wildman–Crippen LogP) is 3.96. The first-order valence-corrected chi connectivity index (χ1v) is 7.60. The Morgan fingerprint density at radius 3 is 2.00 bits per heavy atom. The van der Waals surface area contributed by atoms with Gasteiger partial charge in [0.1, 0.15) is 5.52 Å². The standard InChI is InChI=1S/C13H21BrO/c1-2-13(15-8-14)11-4-9-3-10(6-11)7-12(13)5-9/h9-12H,2-8H2,1H3. The van der Waals surface area contributed by atoms with E-state index in [1.165, 1.54) is 38.5 Å². The second-order valence-electron chi connectivity index (χ2n) is 5.87. The molecule has 1 nitrogen and oxygen atoms in total. The summed E-state index contributed by atoms with van der Waals surface area (Å²) >= 11 is 3.47. The molecule has 0 aromatic carbocycles. The molecule has 4 fully saturated rings. The van der Waals surface area contributed by atoms with Gasteiger partial charge in [-0.15, -0.1) is 0 Å². The molecule has 0 radical (unpaired) electrons. The number of hydrogen-bond acceptors (Lipinski definition) is 1. The highest BCUT2D eigenvalue weighted by Crippen LogP contribution is 2.60. The fourth-order valence-corrected chi connectivity index (χ4v) is 5.42. The Balaban J connectivity index is 1.89. The van der Waals surface area contributed by atoms with E-state index >= 15 is 0 Å². The van der Waals surface area contributed by atoms with Gasteiger partial charge in [0.15, 0.2) is 0 Å². The van der Waals surface area contributed by atoms with E-state index in [-0.39, 0.29) is 5.60 Å². The van der Waals surface area contributed by atoms with Gasteiger partial charge in [0, 0.05) is 0 Å². The van der Waals surface area contributed by atoms with E-state index in [1.54, 1.807) is 0 Å². The molecule has 4 bridgehead atoms. The molecule has 0 saturated heterocycles. The molecular formula is C13H21BrO. The van der Waals surface area contributed by atoms with Crippen molar-refractivity contribution in [3.05, 3.63) is 0 Å². The van der Waals surface area contributed by atoms with Gasteiger partial charge in [0.25, 0.3) is 0 Å². The third-order valence-electron chi connectivity index (χ3n) is 5.40. The monoisotopic (exact) mass is 272 g/mol. The molecule has 4 aliphatic carbocycles. The number of ether oxygens (including phenoxy) is 1. The van der Waals surface area contributed by atoms with Crippen LogP contribution in [0.3, 0.4) is 0 Å². The summed E-state index contributed by atoms with van der Waals surface area (Å²) in [6.07, 6.45) is 8.55. The minimum Gasteiger partial charge on any atom is -0.363 e. The van der Waals surface area contributed by atoms with Crippen LogP contribution in [-0.4, -0.2) is 11.1 Å². The SMILES string of the molecule is CCC1(OCBr)C2CC3CC(C2)CC1C3. The van der Waals surface area contributed by atoms with Gasteiger partial charge in [-0.05, 0) is 62.2 Å². The summed E-state index contributed by atoms with van der Waals surface area (Å²) in [6.45, 7) is 2.32. The van der Waals surface area contributed by atoms with Crippen molar-refractivity contribution < 1.29 is 4.74 Å². The molecule has 86 valence electrons. The van der Waals surface area contributed by atoms with Crippen LogP contribution in [0.25, 0.3) is 0 Å². The Bertz CT molecular complexity index is 223. The number of alkyl halides is 1. The van der Waals surface area contributed by atoms with E-state index in [4.69, 9.17) is 4.74 Å². The Morgan fingerprint density at radius 1 is 1.07 bits per heavy atom. The first-order valence-electron chi connectivity index (χ1n) is 6.48. The summed E-state index contributed by atoms with van der Waals surface area (Å²) in [6, 6.07) is 0. The molecule has 0 N–H and O–H groups in total. The van der Waals surface area contributed by atoms with Gasteiger partial charge >= 0.3 is 0 Å². The summed E-state index contributed by atoms with van der Waals surface area (Å²) in [5.74, 6) is 3.84. The van der Waals surface area contributed by atoms with Crippen molar-refractivity contribution in [3.8, 4) is 0 Å². The lowest BCUT2D eigenvalue weighted by atomic mass is 9.49. The van der Waals surface area contributed by atoms with Gasteiger partial charge < -0.3 is 4.74 Å². The Hall–Kier alpha value is 0.440. The minimum absolute atomic E-state index is 0.247. The zero-order chi connectivity index (χ0) is 10.5. The van der Waals surface area contributed by atoms with Crippen LogP contribution in [0, 0.1) is 23.7 Å². The van der Waals surface area contributed by atoms with Gasteiger partial charge in [-0.2, -0.15) is 0 Å². The quantitative estimate of drug-likeness (QED) is 0.707. The summed E-state index contributed by atoms with van der Waals surface area (Å²) in [4.78, 5) is 0. The molecule has 0 spiro atoms. The number of halogens is 1. The van der Waals surface area contributed by atoms with E-state index in [1.807, 2.05) is 0 Å². The molecule has 4 aliphatic rings. The first kappa shape index (κ1) is 10.6. The van der Waals surface area contributed by atoms with Crippen LogP contribution >= 0.6 is 15.9 Å². The topological polar surface area (TPSA) is 9.23 Å². The number of rotatable bonds is 3. The predicted molar refractivity (Wildman–Crippen MR) is 64.9 cm³/mol. The molecular weight excluding hydrogens is 252 g/mol. The highest BCUT2D eigenvalue weighted by atomic mass is 79.9. The molecule has 2 heteroatoms. The second kappa shape index (κ2) is 3.73. The fraction of sp³-hybridized carbons (Fsp3) is 1.00. The zero-order valence-electron chi connectivity index (χ0n) is 9.55. The normalized spacial score (nSPS) is 52.4. The van der Waals surface area contributed by atoms with Crippen LogP contribution in [0.2, 0.25) is 0 Å². The second-order valence-corrected chi connectivity index (χ2v) is 6.32. The summed E-state index contributed by atoms with van der Waals surface area (Å²) in [5, 5.41) is 0. The Labute approximate surface area is 101 Å². The lowest BCUT2D eigenvalue weighted by Gasteiger charge is -2.60. The molecule has 0 unspecified atom stereocenters. The van der Waals surface area contributed by atoms with Gasteiger partial charge in [-0.3, -0.25) is 0 Å². The molecule has 15 heavy (non-hydrogen) atoms. The molecule has 4 rings (SSSR count). The largest absolute Gasteiger partial charge is 0.363 e. The molecule has 0 aromatic rings. The third-order valence-corrected chi connectivity index (χ3v) is 5.62. The van der Waals surface area contributed by atoms with Crippen molar-refractivity contribution in [3.63, 3.8) is 0 Å². The van der Waals surface area contributed by atoms with Gasteiger partial charge in [-0.25, -0.2) is 0 Å². The van der Waals surface area contributed by atoms with Crippen molar-refractivity contribution >= 4 is 15.9 Å². The van der Waals surface area contributed by atoms with Gasteiger partial charge in [0.05, 0.1) is 5.60 Å². The highest BCUT2D eigenvalue weighted by molar-refractivity contribution is 9.09. The molecule has 0 heterocycles. The average Bonchev–Trinajstić information content (AvgIpc) is 2.23. The summed E-state index contributed by atoms with van der Waals surface area (Å²) in [5.41, 5.74) is 0.972. The van der Waals surface area contributed by atoms with Crippen molar-refractivity contribution in [2.75, 3.05) is 5.52 Å². The van der Waals surface area contributed by atoms with E-state index < -0.39 is 0 Å². The van der Waals surface area contributed by atoms with E-state index in [9.17, 15) is 0 Å². The maximum atomic E-state index is 6.17. The van der Waals surface area contributed by atoms with Crippen LogP contribution in [0.5, 0.6) is 0 Å². The van der Waals surface area contributed by atoms with Crippen molar-refractivity contribution in [2.45, 2.75) is 51.0 Å². The molecule has 0 aromatic heterocycles. The summed E-state index contributed by atoms with van der Waals surface area (Å²) in [7, 11) is 0. The minimum atomic E-state index is 0.247.